The average Bonchev–Trinajstić information content (AvgIpc) is 3.13. The SMILES string of the molecule is COCC(C)NC(=O)CSc1nnc(-c2cccnc2)n1-c1ccc(Cl)c(Cl)c1. The Kier molecular flexibility index (Phi) is 7.49. The minimum absolute atomic E-state index is 0.0769. The molecule has 0 bridgehead atoms. The quantitative estimate of drug-likeness (QED) is 0.523. The van der Waals surface area contributed by atoms with Crippen molar-refractivity contribution in [2.75, 3.05) is 19.5 Å². The van der Waals surface area contributed by atoms with E-state index in [2.05, 4.69) is 20.5 Å². The smallest absolute Gasteiger partial charge is 0.230 e. The number of nitrogens with one attached hydrogen (secondary N) is 1. The summed E-state index contributed by atoms with van der Waals surface area (Å²) >= 11 is 13.6. The van der Waals surface area contributed by atoms with E-state index < -0.39 is 0 Å². The minimum Gasteiger partial charge on any atom is -0.383 e. The zero-order valence-electron chi connectivity index (χ0n) is 15.8. The van der Waals surface area contributed by atoms with Crippen LogP contribution < -0.4 is 5.32 Å². The summed E-state index contributed by atoms with van der Waals surface area (Å²) in [6, 6.07) is 8.89. The summed E-state index contributed by atoms with van der Waals surface area (Å²) in [5.74, 6) is 0.652. The third-order valence-electron chi connectivity index (χ3n) is 3.87. The lowest BCUT2D eigenvalue weighted by molar-refractivity contribution is -0.119. The highest BCUT2D eigenvalue weighted by molar-refractivity contribution is 7.99. The number of methoxy groups -OCH3 is 1. The third-order valence-corrected chi connectivity index (χ3v) is 5.54. The number of carbonyl (C=O) groups is 1. The first-order valence-corrected chi connectivity index (χ1v) is 10.5. The maximum absolute atomic E-state index is 12.2. The minimum atomic E-state index is -0.119. The summed E-state index contributed by atoms with van der Waals surface area (Å²) in [6.07, 6.45) is 3.39. The summed E-state index contributed by atoms with van der Waals surface area (Å²) in [6.45, 7) is 2.33. The maximum Gasteiger partial charge on any atom is 0.230 e. The number of aromatic nitrogens is 4. The van der Waals surface area contributed by atoms with Gasteiger partial charge in [0.25, 0.3) is 0 Å². The van der Waals surface area contributed by atoms with E-state index in [0.29, 0.717) is 27.6 Å². The highest BCUT2D eigenvalue weighted by Crippen LogP contribution is 2.31. The van der Waals surface area contributed by atoms with Crippen LogP contribution in [0.2, 0.25) is 10.0 Å². The van der Waals surface area contributed by atoms with Gasteiger partial charge < -0.3 is 10.1 Å². The Morgan fingerprint density at radius 2 is 2.10 bits per heavy atom. The lowest BCUT2D eigenvalue weighted by atomic mass is 10.2. The molecule has 0 aliphatic carbocycles. The van der Waals surface area contributed by atoms with Crippen LogP contribution in [-0.4, -0.2) is 51.2 Å². The van der Waals surface area contributed by atoms with Crippen molar-refractivity contribution < 1.29 is 9.53 Å². The molecule has 3 aromatic rings. The van der Waals surface area contributed by atoms with Crippen LogP contribution in [0.3, 0.4) is 0 Å². The van der Waals surface area contributed by atoms with Crippen LogP contribution in [0.1, 0.15) is 6.92 Å². The van der Waals surface area contributed by atoms with Gasteiger partial charge in [-0.2, -0.15) is 0 Å². The van der Waals surface area contributed by atoms with E-state index in [-0.39, 0.29) is 17.7 Å². The molecule has 10 heteroatoms. The molecule has 29 heavy (non-hydrogen) atoms. The first-order chi connectivity index (χ1) is 14.0. The van der Waals surface area contributed by atoms with Gasteiger partial charge in [-0.3, -0.25) is 14.3 Å². The van der Waals surface area contributed by atoms with Gasteiger partial charge >= 0.3 is 0 Å². The van der Waals surface area contributed by atoms with Crippen molar-refractivity contribution >= 4 is 40.9 Å². The molecule has 3 rings (SSSR count). The molecule has 2 heterocycles. The molecule has 1 unspecified atom stereocenters. The predicted octanol–water partition coefficient (Wildman–Crippen LogP) is 3.88. The Hall–Kier alpha value is -2.13. The van der Waals surface area contributed by atoms with Crippen molar-refractivity contribution in [2.45, 2.75) is 18.1 Å². The number of hydrogen-bond donors (Lipinski definition) is 1. The van der Waals surface area contributed by atoms with E-state index in [1.54, 1.807) is 31.6 Å². The molecule has 0 saturated carbocycles. The molecule has 152 valence electrons. The number of hydrogen-bond acceptors (Lipinski definition) is 6. The zero-order chi connectivity index (χ0) is 20.8. The largest absolute Gasteiger partial charge is 0.383 e. The van der Waals surface area contributed by atoms with Crippen LogP contribution in [0, 0.1) is 0 Å². The molecule has 7 nitrogen and oxygen atoms in total. The van der Waals surface area contributed by atoms with Gasteiger partial charge in [0, 0.05) is 31.1 Å². The van der Waals surface area contributed by atoms with E-state index in [9.17, 15) is 4.79 Å². The second-order valence-corrected chi connectivity index (χ2v) is 7.95. The highest BCUT2D eigenvalue weighted by Gasteiger charge is 2.18. The number of pyridine rings is 1. The predicted molar refractivity (Wildman–Crippen MR) is 115 cm³/mol. The molecule has 0 spiro atoms. The number of amides is 1. The van der Waals surface area contributed by atoms with Gasteiger partial charge in [0.2, 0.25) is 5.91 Å². The van der Waals surface area contributed by atoms with Crippen LogP contribution in [0.5, 0.6) is 0 Å². The fourth-order valence-electron chi connectivity index (χ4n) is 2.64. The van der Waals surface area contributed by atoms with E-state index in [4.69, 9.17) is 27.9 Å². The first-order valence-electron chi connectivity index (χ1n) is 8.72. The normalized spacial score (nSPS) is 12.0. The van der Waals surface area contributed by atoms with Gasteiger partial charge in [-0.15, -0.1) is 10.2 Å². The molecule has 1 N–H and O–H groups in total. The molecule has 0 aliphatic rings. The highest BCUT2D eigenvalue weighted by atomic mass is 35.5. The number of halogens is 2. The molecule has 2 aromatic heterocycles. The van der Waals surface area contributed by atoms with Crippen molar-refractivity contribution in [3.63, 3.8) is 0 Å². The Labute approximate surface area is 182 Å². The molecular weight excluding hydrogens is 433 g/mol. The van der Waals surface area contributed by atoms with Crippen LogP contribution in [-0.2, 0) is 9.53 Å². The average molecular weight is 452 g/mol. The van der Waals surface area contributed by atoms with Crippen LogP contribution in [0.25, 0.3) is 17.1 Å². The lowest BCUT2D eigenvalue weighted by Gasteiger charge is -2.13. The fraction of sp³-hybridized carbons (Fsp3) is 0.263. The molecule has 0 fully saturated rings. The van der Waals surface area contributed by atoms with E-state index in [1.807, 2.05) is 29.7 Å². The van der Waals surface area contributed by atoms with Gasteiger partial charge in [0.15, 0.2) is 11.0 Å². The third kappa shape index (κ3) is 5.48. The van der Waals surface area contributed by atoms with E-state index in [0.717, 1.165) is 11.3 Å². The summed E-state index contributed by atoms with van der Waals surface area (Å²) in [5.41, 5.74) is 1.52. The molecule has 0 aliphatic heterocycles. The van der Waals surface area contributed by atoms with Crippen LogP contribution in [0.4, 0.5) is 0 Å². The number of carbonyl (C=O) groups excluding carboxylic acids is 1. The Morgan fingerprint density at radius 3 is 2.79 bits per heavy atom. The van der Waals surface area contributed by atoms with Gasteiger partial charge in [0.05, 0.1) is 28.1 Å². The molecule has 1 atom stereocenters. The number of rotatable bonds is 8. The number of nitrogens with zero attached hydrogens (tertiary/aromatic N) is 4. The summed E-state index contributed by atoms with van der Waals surface area (Å²) in [5, 5.41) is 12.9. The van der Waals surface area contributed by atoms with Gasteiger partial charge in [-0.05, 0) is 37.3 Å². The molecule has 1 amide bonds. The van der Waals surface area contributed by atoms with E-state index in [1.165, 1.54) is 11.8 Å². The van der Waals surface area contributed by atoms with Crippen molar-refractivity contribution in [1.29, 1.82) is 0 Å². The Balaban J connectivity index is 1.90. The van der Waals surface area contributed by atoms with Crippen LogP contribution in [0.15, 0.2) is 47.9 Å². The molecule has 0 saturated heterocycles. The van der Waals surface area contributed by atoms with Crippen molar-refractivity contribution in [3.05, 3.63) is 52.8 Å². The maximum atomic E-state index is 12.2. The Bertz CT molecular complexity index is 984. The summed E-state index contributed by atoms with van der Waals surface area (Å²) in [7, 11) is 1.59. The van der Waals surface area contributed by atoms with Gasteiger partial charge in [0.1, 0.15) is 0 Å². The second kappa shape index (κ2) is 10.1. The second-order valence-electron chi connectivity index (χ2n) is 6.19. The lowest BCUT2D eigenvalue weighted by Crippen LogP contribution is -2.36. The first kappa shape index (κ1) is 21.6. The zero-order valence-corrected chi connectivity index (χ0v) is 18.1. The molecular formula is C19H19Cl2N5O2S. The standard InChI is InChI=1S/C19H19Cl2N5O2S/c1-12(10-28-2)23-17(27)11-29-19-25-24-18(13-4-3-7-22-9-13)26(19)14-5-6-15(20)16(21)8-14/h3-9,12H,10-11H2,1-2H3,(H,23,27). The van der Waals surface area contributed by atoms with Gasteiger partial charge in [-0.1, -0.05) is 35.0 Å². The topological polar surface area (TPSA) is 81.9 Å². The monoisotopic (exact) mass is 451 g/mol. The molecule has 0 radical (unpaired) electrons. The van der Waals surface area contributed by atoms with Crippen molar-refractivity contribution in [2.24, 2.45) is 0 Å². The fourth-order valence-corrected chi connectivity index (χ4v) is 3.70. The van der Waals surface area contributed by atoms with Gasteiger partial charge in [-0.25, -0.2) is 0 Å². The Morgan fingerprint density at radius 1 is 1.28 bits per heavy atom. The number of benzene rings is 1. The molecule has 1 aromatic carbocycles. The van der Waals surface area contributed by atoms with Crippen LogP contribution >= 0.6 is 35.0 Å². The summed E-state index contributed by atoms with van der Waals surface area (Å²) in [4.78, 5) is 16.4. The summed E-state index contributed by atoms with van der Waals surface area (Å²) < 4.78 is 6.87. The van der Waals surface area contributed by atoms with Crippen molar-refractivity contribution in [1.82, 2.24) is 25.1 Å². The van der Waals surface area contributed by atoms with Crippen molar-refractivity contribution in [3.8, 4) is 17.1 Å². The number of ether oxygens (including phenoxy) is 1. The van der Waals surface area contributed by atoms with E-state index >= 15 is 0 Å². The number of thioether (sulfide) groups is 1.